The first-order valence-electron chi connectivity index (χ1n) is 3.82. The zero-order valence-electron chi connectivity index (χ0n) is 7.47. The molecule has 0 saturated carbocycles. The van der Waals surface area contributed by atoms with E-state index in [1.54, 1.807) is 19.1 Å². The Morgan fingerprint density at radius 2 is 1.75 bits per heavy atom. The molecule has 0 spiro atoms. The lowest BCUT2D eigenvalue weighted by atomic mass is 9.99. The zero-order valence-corrected chi connectivity index (χ0v) is 7.47. The molecule has 0 aliphatic heterocycles. The molecule has 1 aromatic carbocycles. The van der Waals surface area contributed by atoms with Gasteiger partial charge in [0.1, 0.15) is 0 Å². The third-order valence-electron chi connectivity index (χ3n) is 2.28. The zero-order chi connectivity index (χ0) is 9.30. The van der Waals surface area contributed by atoms with Gasteiger partial charge in [-0.25, -0.2) is 0 Å². The van der Waals surface area contributed by atoms with Gasteiger partial charge in [0.05, 0.1) is 5.97 Å². The summed E-state index contributed by atoms with van der Waals surface area (Å²) < 4.78 is 0. The van der Waals surface area contributed by atoms with E-state index < -0.39 is 5.97 Å². The molecule has 1 rings (SSSR count). The van der Waals surface area contributed by atoms with Crippen LogP contribution >= 0.6 is 0 Å². The summed E-state index contributed by atoms with van der Waals surface area (Å²) in [5.41, 5.74) is 3.22. The van der Waals surface area contributed by atoms with Crippen molar-refractivity contribution < 1.29 is 9.90 Å². The Bertz CT molecular complexity index is 327. The van der Waals surface area contributed by atoms with Crippen LogP contribution in [0.4, 0.5) is 0 Å². The first kappa shape index (κ1) is 8.78. The van der Waals surface area contributed by atoms with Gasteiger partial charge in [-0.05, 0) is 37.5 Å². The van der Waals surface area contributed by atoms with Crippen LogP contribution < -0.4 is 5.11 Å². The van der Waals surface area contributed by atoms with Crippen LogP contribution in [0.15, 0.2) is 12.1 Å². The summed E-state index contributed by atoms with van der Waals surface area (Å²) in [6.07, 6.45) is 0. The third-order valence-corrected chi connectivity index (χ3v) is 2.28. The van der Waals surface area contributed by atoms with E-state index in [9.17, 15) is 9.90 Å². The lowest BCUT2D eigenvalue weighted by Gasteiger charge is -2.11. The molecule has 0 fully saturated rings. The molecule has 12 heavy (non-hydrogen) atoms. The number of aryl methyl sites for hydroxylation is 1. The summed E-state index contributed by atoms with van der Waals surface area (Å²) in [5.74, 6) is -1.10. The van der Waals surface area contributed by atoms with Crippen molar-refractivity contribution in [3.05, 3.63) is 34.4 Å². The van der Waals surface area contributed by atoms with Crippen LogP contribution in [0, 0.1) is 20.8 Å². The second kappa shape index (κ2) is 2.97. The molecule has 2 heteroatoms. The van der Waals surface area contributed by atoms with Crippen molar-refractivity contribution in [3.8, 4) is 0 Å². The molecule has 0 heterocycles. The smallest absolute Gasteiger partial charge is 0.0718 e. The van der Waals surface area contributed by atoms with Gasteiger partial charge in [0.25, 0.3) is 0 Å². The summed E-state index contributed by atoms with van der Waals surface area (Å²) in [6.45, 7) is 5.67. The molecule has 0 aromatic heterocycles. The second-order valence-corrected chi connectivity index (χ2v) is 2.97. The van der Waals surface area contributed by atoms with Crippen molar-refractivity contribution in [1.29, 1.82) is 0 Å². The predicted molar refractivity (Wildman–Crippen MR) is 45.0 cm³/mol. The van der Waals surface area contributed by atoms with Crippen molar-refractivity contribution in [1.82, 2.24) is 0 Å². The predicted octanol–water partition coefficient (Wildman–Crippen LogP) is 0.975. The molecule has 0 unspecified atom stereocenters. The van der Waals surface area contributed by atoms with Gasteiger partial charge in [0.2, 0.25) is 0 Å². The van der Waals surface area contributed by atoms with Crippen LogP contribution in [0.3, 0.4) is 0 Å². The van der Waals surface area contributed by atoms with Gasteiger partial charge in [0, 0.05) is 5.56 Å². The minimum atomic E-state index is -1.10. The van der Waals surface area contributed by atoms with Gasteiger partial charge in [-0.3, -0.25) is 0 Å². The highest BCUT2D eigenvalue weighted by Crippen LogP contribution is 2.15. The molecule has 0 bridgehead atoms. The number of carbonyl (C=O) groups excluding carboxylic acids is 1. The Balaban J connectivity index is 3.36. The van der Waals surface area contributed by atoms with E-state index in [1.807, 2.05) is 13.8 Å². The Labute approximate surface area is 71.8 Å². The summed E-state index contributed by atoms with van der Waals surface area (Å²) in [7, 11) is 0. The lowest BCUT2D eigenvalue weighted by molar-refractivity contribution is -0.255. The quantitative estimate of drug-likeness (QED) is 0.619. The highest BCUT2D eigenvalue weighted by Gasteiger charge is 2.03. The summed E-state index contributed by atoms with van der Waals surface area (Å²) >= 11 is 0. The van der Waals surface area contributed by atoms with E-state index in [-0.39, 0.29) is 5.56 Å². The third kappa shape index (κ3) is 1.33. The maximum absolute atomic E-state index is 10.6. The van der Waals surface area contributed by atoms with E-state index in [0.717, 1.165) is 16.7 Å². The fourth-order valence-corrected chi connectivity index (χ4v) is 1.18. The van der Waals surface area contributed by atoms with Gasteiger partial charge in [-0.15, -0.1) is 0 Å². The summed E-state index contributed by atoms with van der Waals surface area (Å²) in [5, 5.41) is 10.6. The largest absolute Gasteiger partial charge is 0.545 e. The van der Waals surface area contributed by atoms with Crippen LogP contribution in [-0.2, 0) is 0 Å². The highest BCUT2D eigenvalue weighted by molar-refractivity contribution is 5.88. The summed E-state index contributed by atoms with van der Waals surface area (Å²) in [4.78, 5) is 10.6. The molecule has 0 saturated heterocycles. The van der Waals surface area contributed by atoms with Crippen LogP contribution in [0.1, 0.15) is 27.0 Å². The van der Waals surface area contributed by atoms with Crippen LogP contribution in [0.5, 0.6) is 0 Å². The highest BCUT2D eigenvalue weighted by atomic mass is 16.4. The van der Waals surface area contributed by atoms with Crippen LogP contribution in [0.2, 0.25) is 0 Å². The van der Waals surface area contributed by atoms with E-state index in [0.29, 0.717) is 0 Å². The van der Waals surface area contributed by atoms with Crippen molar-refractivity contribution in [2.24, 2.45) is 0 Å². The number of carboxylic acid groups (broad SMARTS) is 1. The fourth-order valence-electron chi connectivity index (χ4n) is 1.18. The SMILES string of the molecule is Cc1ccc(C(=O)[O-])c(C)c1C. The Kier molecular flexibility index (Phi) is 2.18. The first-order chi connectivity index (χ1) is 5.54. The second-order valence-electron chi connectivity index (χ2n) is 2.97. The molecule has 0 atom stereocenters. The lowest BCUT2D eigenvalue weighted by Crippen LogP contribution is -2.23. The maximum atomic E-state index is 10.6. The van der Waals surface area contributed by atoms with E-state index in [1.165, 1.54) is 0 Å². The maximum Gasteiger partial charge on any atom is 0.0718 e. The fraction of sp³-hybridized carbons (Fsp3) is 0.300. The number of hydrogen-bond acceptors (Lipinski definition) is 2. The molecular formula is C10H11O2-. The van der Waals surface area contributed by atoms with Crippen molar-refractivity contribution in [2.45, 2.75) is 20.8 Å². The topological polar surface area (TPSA) is 40.1 Å². The Morgan fingerprint density at radius 3 is 2.25 bits per heavy atom. The van der Waals surface area contributed by atoms with Crippen molar-refractivity contribution >= 4 is 5.97 Å². The van der Waals surface area contributed by atoms with Gasteiger partial charge in [-0.2, -0.15) is 0 Å². The van der Waals surface area contributed by atoms with E-state index in [2.05, 4.69) is 0 Å². The van der Waals surface area contributed by atoms with E-state index in [4.69, 9.17) is 0 Å². The number of rotatable bonds is 1. The van der Waals surface area contributed by atoms with Gasteiger partial charge in [-0.1, -0.05) is 12.1 Å². The number of aromatic carboxylic acids is 1. The molecule has 0 N–H and O–H groups in total. The van der Waals surface area contributed by atoms with Crippen molar-refractivity contribution in [3.63, 3.8) is 0 Å². The molecule has 1 aromatic rings. The molecular weight excluding hydrogens is 152 g/mol. The molecule has 0 aliphatic carbocycles. The number of benzene rings is 1. The van der Waals surface area contributed by atoms with Gasteiger partial charge in [0.15, 0.2) is 0 Å². The standard InChI is InChI=1S/C10H12O2/c1-6-4-5-9(10(11)12)8(3)7(6)2/h4-5H,1-3H3,(H,11,12)/p-1. The molecule has 0 radical (unpaired) electrons. The van der Waals surface area contributed by atoms with Gasteiger partial charge >= 0.3 is 0 Å². The Hall–Kier alpha value is -1.31. The number of hydrogen-bond donors (Lipinski definition) is 0. The monoisotopic (exact) mass is 163 g/mol. The summed E-state index contributed by atoms with van der Waals surface area (Å²) in [6, 6.07) is 3.39. The molecule has 0 aliphatic rings. The molecule has 64 valence electrons. The number of carboxylic acids is 1. The minimum absolute atomic E-state index is 0.290. The van der Waals surface area contributed by atoms with Crippen LogP contribution in [0.25, 0.3) is 0 Å². The number of carbonyl (C=O) groups is 1. The average molecular weight is 163 g/mol. The Morgan fingerprint density at radius 1 is 1.17 bits per heavy atom. The first-order valence-corrected chi connectivity index (χ1v) is 3.82. The van der Waals surface area contributed by atoms with Crippen LogP contribution in [-0.4, -0.2) is 5.97 Å². The van der Waals surface area contributed by atoms with Crippen molar-refractivity contribution in [2.75, 3.05) is 0 Å². The van der Waals surface area contributed by atoms with E-state index >= 15 is 0 Å². The minimum Gasteiger partial charge on any atom is -0.545 e. The molecule has 2 nitrogen and oxygen atoms in total. The normalized spacial score (nSPS) is 9.92. The average Bonchev–Trinajstić information content (AvgIpc) is 2.00. The molecule has 0 amide bonds. The van der Waals surface area contributed by atoms with Gasteiger partial charge < -0.3 is 9.90 Å².